The molecule has 5 heteroatoms. The molecule has 2 rings (SSSR count). The molecule has 17 heavy (non-hydrogen) atoms. The van der Waals surface area contributed by atoms with Gasteiger partial charge in [0.25, 0.3) is 0 Å². The third kappa shape index (κ3) is 1.87. The first-order valence-electron chi connectivity index (χ1n) is 6.02. The van der Waals surface area contributed by atoms with Crippen LogP contribution in [0.1, 0.15) is 52.8 Å². The third-order valence-electron chi connectivity index (χ3n) is 3.48. The van der Waals surface area contributed by atoms with Crippen LogP contribution in [-0.2, 0) is 16.7 Å². The van der Waals surface area contributed by atoms with E-state index in [1.807, 2.05) is 34.6 Å². The maximum absolute atomic E-state index is 6.49. The maximum Gasteiger partial charge on any atom is 0.226 e. The van der Waals surface area contributed by atoms with E-state index in [9.17, 15) is 0 Å². The van der Waals surface area contributed by atoms with Gasteiger partial charge in [-0.05, 0) is 27.7 Å². The lowest BCUT2D eigenvalue weighted by Crippen LogP contribution is -2.51. The second kappa shape index (κ2) is 3.53. The fourth-order valence-corrected chi connectivity index (χ4v) is 2.63. The largest absolute Gasteiger partial charge is 0.367 e. The molecule has 96 valence electrons. The predicted molar refractivity (Wildman–Crippen MR) is 63.4 cm³/mol. The van der Waals surface area contributed by atoms with Gasteiger partial charge in [0.05, 0.1) is 11.2 Å². The van der Waals surface area contributed by atoms with Crippen molar-refractivity contribution in [2.24, 2.45) is 5.73 Å². The summed E-state index contributed by atoms with van der Waals surface area (Å²) in [5.41, 5.74) is 5.01. The lowest BCUT2D eigenvalue weighted by molar-refractivity contribution is -0.0805. The van der Waals surface area contributed by atoms with E-state index in [4.69, 9.17) is 15.0 Å². The van der Waals surface area contributed by atoms with E-state index in [1.54, 1.807) is 0 Å². The SMILES string of the molecule is CCc1nc(C2(N)CC(C)(C)OC2(C)C)no1. The summed E-state index contributed by atoms with van der Waals surface area (Å²) < 4.78 is 11.2. The summed E-state index contributed by atoms with van der Waals surface area (Å²) in [7, 11) is 0. The summed E-state index contributed by atoms with van der Waals surface area (Å²) in [4.78, 5) is 4.36. The topological polar surface area (TPSA) is 74.2 Å². The Balaban J connectivity index is 2.41. The molecule has 2 heterocycles. The number of aromatic nitrogens is 2. The van der Waals surface area contributed by atoms with Crippen LogP contribution in [0.3, 0.4) is 0 Å². The highest BCUT2D eigenvalue weighted by molar-refractivity contribution is 5.18. The Hall–Kier alpha value is -0.940. The minimum Gasteiger partial charge on any atom is -0.367 e. The molecular weight excluding hydrogens is 218 g/mol. The first-order chi connectivity index (χ1) is 7.70. The van der Waals surface area contributed by atoms with E-state index in [0.29, 0.717) is 24.6 Å². The molecule has 1 aromatic heterocycles. The molecule has 0 amide bonds. The fraction of sp³-hybridized carbons (Fsp3) is 0.833. The van der Waals surface area contributed by atoms with Crippen molar-refractivity contribution >= 4 is 0 Å². The predicted octanol–water partition coefficient (Wildman–Crippen LogP) is 1.76. The lowest BCUT2D eigenvalue weighted by Gasteiger charge is -2.33. The van der Waals surface area contributed by atoms with Gasteiger partial charge in [0.2, 0.25) is 5.89 Å². The smallest absolute Gasteiger partial charge is 0.226 e. The molecule has 0 radical (unpaired) electrons. The first kappa shape index (κ1) is 12.5. The zero-order valence-corrected chi connectivity index (χ0v) is 11.2. The van der Waals surface area contributed by atoms with Crippen LogP contribution in [0.5, 0.6) is 0 Å². The Morgan fingerprint density at radius 1 is 1.29 bits per heavy atom. The van der Waals surface area contributed by atoms with Crippen LogP contribution in [0, 0.1) is 0 Å². The summed E-state index contributed by atoms with van der Waals surface area (Å²) in [6.07, 6.45) is 1.39. The maximum atomic E-state index is 6.49. The van der Waals surface area contributed by atoms with Crippen molar-refractivity contribution in [3.8, 4) is 0 Å². The average molecular weight is 239 g/mol. The Labute approximate surface area is 102 Å². The van der Waals surface area contributed by atoms with Gasteiger partial charge in [0, 0.05) is 12.8 Å². The Bertz CT molecular complexity index is 425. The number of ether oxygens (including phenoxy) is 1. The van der Waals surface area contributed by atoms with Crippen molar-refractivity contribution in [1.29, 1.82) is 0 Å². The second-order valence-corrected chi connectivity index (χ2v) is 5.89. The molecular formula is C12H21N3O2. The van der Waals surface area contributed by atoms with Crippen molar-refractivity contribution in [3.63, 3.8) is 0 Å². The zero-order valence-electron chi connectivity index (χ0n) is 11.2. The normalized spacial score (nSPS) is 30.7. The van der Waals surface area contributed by atoms with Crippen LogP contribution in [0.2, 0.25) is 0 Å². The summed E-state index contributed by atoms with van der Waals surface area (Å²) in [5.74, 6) is 1.16. The number of aryl methyl sites for hydroxylation is 1. The summed E-state index contributed by atoms with van der Waals surface area (Å²) in [5, 5.41) is 4.01. The van der Waals surface area contributed by atoms with Gasteiger partial charge in [0.15, 0.2) is 5.82 Å². The van der Waals surface area contributed by atoms with Crippen molar-refractivity contribution in [2.75, 3.05) is 0 Å². The summed E-state index contributed by atoms with van der Waals surface area (Å²) >= 11 is 0. The van der Waals surface area contributed by atoms with Crippen molar-refractivity contribution in [1.82, 2.24) is 10.1 Å². The molecule has 5 nitrogen and oxygen atoms in total. The Morgan fingerprint density at radius 2 is 1.94 bits per heavy atom. The van der Waals surface area contributed by atoms with E-state index in [0.717, 1.165) is 0 Å². The van der Waals surface area contributed by atoms with Gasteiger partial charge in [-0.2, -0.15) is 4.98 Å². The number of hydrogen-bond donors (Lipinski definition) is 1. The van der Waals surface area contributed by atoms with Gasteiger partial charge in [-0.25, -0.2) is 0 Å². The molecule has 1 fully saturated rings. The van der Waals surface area contributed by atoms with Gasteiger partial charge >= 0.3 is 0 Å². The zero-order chi connectivity index (χ0) is 12.9. The van der Waals surface area contributed by atoms with E-state index < -0.39 is 11.1 Å². The van der Waals surface area contributed by atoms with Gasteiger partial charge in [-0.3, -0.25) is 0 Å². The summed E-state index contributed by atoms with van der Waals surface area (Å²) in [6, 6.07) is 0. The Kier molecular flexibility index (Phi) is 2.60. The van der Waals surface area contributed by atoms with Crippen molar-refractivity contribution < 1.29 is 9.26 Å². The van der Waals surface area contributed by atoms with E-state index in [-0.39, 0.29) is 5.60 Å². The number of rotatable bonds is 2. The van der Waals surface area contributed by atoms with Crippen LogP contribution in [0.15, 0.2) is 4.52 Å². The van der Waals surface area contributed by atoms with Gasteiger partial charge < -0.3 is 15.0 Å². The third-order valence-corrected chi connectivity index (χ3v) is 3.48. The van der Waals surface area contributed by atoms with Gasteiger partial charge in [0.1, 0.15) is 5.54 Å². The van der Waals surface area contributed by atoms with E-state index in [2.05, 4.69) is 10.1 Å². The Morgan fingerprint density at radius 3 is 2.35 bits per heavy atom. The molecule has 1 unspecified atom stereocenters. The molecule has 0 aliphatic carbocycles. The van der Waals surface area contributed by atoms with Crippen molar-refractivity contribution in [2.45, 2.75) is 64.2 Å². The highest BCUT2D eigenvalue weighted by Crippen LogP contribution is 2.48. The minimum absolute atomic E-state index is 0.273. The van der Waals surface area contributed by atoms with Crippen LogP contribution >= 0.6 is 0 Å². The molecule has 0 saturated carbocycles. The number of hydrogen-bond acceptors (Lipinski definition) is 5. The molecule has 0 spiro atoms. The van der Waals surface area contributed by atoms with Crippen LogP contribution in [-0.4, -0.2) is 21.3 Å². The van der Waals surface area contributed by atoms with Crippen molar-refractivity contribution in [3.05, 3.63) is 11.7 Å². The lowest BCUT2D eigenvalue weighted by atomic mass is 9.79. The molecule has 1 aromatic rings. The highest BCUT2D eigenvalue weighted by Gasteiger charge is 2.58. The van der Waals surface area contributed by atoms with Crippen LogP contribution < -0.4 is 5.73 Å². The summed E-state index contributed by atoms with van der Waals surface area (Å²) in [6.45, 7) is 9.99. The monoisotopic (exact) mass is 239 g/mol. The van der Waals surface area contributed by atoms with Crippen LogP contribution in [0.25, 0.3) is 0 Å². The molecule has 1 atom stereocenters. The molecule has 0 bridgehead atoms. The van der Waals surface area contributed by atoms with Crippen LogP contribution in [0.4, 0.5) is 0 Å². The molecule has 0 aromatic carbocycles. The number of nitrogens with zero attached hydrogens (tertiary/aromatic N) is 2. The second-order valence-electron chi connectivity index (χ2n) is 5.89. The number of nitrogens with two attached hydrogens (primary N) is 1. The van der Waals surface area contributed by atoms with E-state index >= 15 is 0 Å². The molecule has 1 aliphatic heterocycles. The highest BCUT2D eigenvalue weighted by atomic mass is 16.5. The van der Waals surface area contributed by atoms with Gasteiger partial charge in [-0.1, -0.05) is 12.1 Å². The minimum atomic E-state index is -0.701. The standard InChI is InChI=1S/C12H21N3O2/c1-6-8-14-9(15-16-8)12(13)7-10(2,3)17-11(12,4)5/h6-7,13H2,1-5H3. The average Bonchev–Trinajstić information content (AvgIpc) is 2.67. The molecule has 2 N–H and O–H groups in total. The molecule has 1 aliphatic rings. The first-order valence-corrected chi connectivity index (χ1v) is 6.02. The van der Waals surface area contributed by atoms with Gasteiger partial charge in [-0.15, -0.1) is 0 Å². The fourth-order valence-electron chi connectivity index (χ4n) is 2.63. The molecule has 1 saturated heterocycles. The van der Waals surface area contributed by atoms with E-state index in [1.165, 1.54) is 0 Å². The quantitative estimate of drug-likeness (QED) is 0.851.